The molecule has 0 spiro atoms. The van der Waals surface area contributed by atoms with Gasteiger partial charge < -0.3 is 9.84 Å². The van der Waals surface area contributed by atoms with E-state index in [1.165, 1.54) is 16.5 Å². The molecule has 4 rings (SSSR count). The Hall–Kier alpha value is -3.45. The number of halogens is 1. The molecule has 1 amide bonds. The molecule has 0 saturated heterocycles. The van der Waals surface area contributed by atoms with Crippen molar-refractivity contribution in [1.29, 1.82) is 0 Å². The minimum atomic E-state index is -0.406. The van der Waals surface area contributed by atoms with Gasteiger partial charge in [0, 0.05) is 16.3 Å². The number of aromatic nitrogens is 3. The third-order valence-electron chi connectivity index (χ3n) is 4.76. The second-order valence-electron chi connectivity index (χ2n) is 7.22. The average molecular weight is 423 g/mol. The number of rotatable bonds is 5. The van der Waals surface area contributed by atoms with E-state index < -0.39 is 5.56 Å². The van der Waals surface area contributed by atoms with Crippen molar-refractivity contribution in [2.45, 2.75) is 26.3 Å². The van der Waals surface area contributed by atoms with Crippen molar-refractivity contribution < 1.29 is 9.32 Å². The normalized spacial score (nSPS) is 11.2. The zero-order valence-electron chi connectivity index (χ0n) is 16.4. The lowest BCUT2D eigenvalue weighted by Gasteiger charge is -2.09. The number of fused-ring (bicyclic) bond motifs is 1. The topological polar surface area (TPSA) is 90.0 Å². The van der Waals surface area contributed by atoms with Gasteiger partial charge in [-0.1, -0.05) is 54.9 Å². The highest BCUT2D eigenvalue weighted by molar-refractivity contribution is 6.30. The molecule has 2 aromatic heterocycles. The Labute approximate surface area is 177 Å². The summed E-state index contributed by atoms with van der Waals surface area (Å²) in [5.41, 5.74) is 2.59. The van der Waals surface area contributed by atoms with Crippen LogP contribution >= 0.6 is 11.6 Å². The molecule has 7 nitrogen and oxygen atoms in total. The Kier molecular flexibility index (Phi) is 5.37. The molecular weight excluding hydrogens is 404 g/mol. The maximum atomic E-state index is 13.0. The number of carbonyl (C=O) groups is 1. The molecule has 0 atom stereocenters. The Bertz CT molecular complexity index is 1260. The van der Waals surface area contributed by atoms with Crippen molar-refractivity contribution in [3.8, 4) is 11.3 Å². The van der Waals surface area contributed by atoms with Gasteiger partial charge in [0.2, 0.25) is 5.91 Å². The first-order valence-electron chi connectivity index (χ1n) is 9.43. The van der Waals surface area contributed by atoms with E-state index in [4.69, 9.17) is 16.1 Å². The summed E-state index contributed by atoms with van der Waals surface area (Å²) in [7, 11) is 0. The number of hydrogen-bond acceptors (Lipinski definition) is 5. The molecule has 152 valence electrons. The molecule has 2 aromatic carbocycles. The number of nitrogens with zero attached hydrogens (tertiary/aromatic N) is 3. The summed E-state index contributed by atoms with van der Waals surface area (Å²) in [5.74, 6) is 0.0737. The third-order valence-corrected chi connectivity index (χ3v) is 5.01. The van der Waals surface area contributed by atoms with Crippen molar-refractivity contribution in [1.82, 2.24) is 14.7 Å². The summed E-state index contributed by atoms with van der Waals surface area (Å²) in [5, 5.41) is 7.56. The van der Waals surface area contributed by atoms with Gasteiger partial charge in [0.25, 0.3) is 11.3 Å². The van der Waals surface area contributed by atoms with Crippen LogP contribution in [0.3, 0.4) is 0 Å². The standard InChI is InChI=1S/C22H19ClN4O3/c1-13(2)14-5-9-17(10-6-14)25-18(28)11-27-12-24-21-19(22(27)29)20(26-30-21)15-3-7-16(23)8-4-15/h3-10,12-13H,11H2,1-2H3,(H,25,28). The van der Waals surface area contributed by atoms with Gasteiger partial charge in [0.05, 0.1) is 0 Å². The maximum absolute atomic E-state index is 13.0. The lowest BCUT2D eigenvalue weighted by atomic mass is 10.0. The molecular formula is C22H19ClN4O3. The third kappa shape index (κ3) is 3.97. The van der Waals surface area contributed by atoms with Gasteiger partial charge in [-0.3, -0.25) is 14.2 Å². The molecule has 0 aliphatic carbocycles. The van der Waals surface area contributed by atoms with Gasteiger partial charge in [-0.05, 0) is 35.7 Å². The second kappa shape index (κ2) is 8.12. The fourth-order valence-electron chi connectivity index (χ4n) is 3.10. The van der Waals surface area contributed by atoms with Crippen LogP contribution in [0.4, 0.5) is 5.69 Å². The highest BCUT2D eigenvalue weighted by Crippen LogP contribution is 2.25. The molecule has 0 fully saturated rings. The summed E-state index contributed by atoms with van der Waals surface area (Å²) in [4.78, 5) is 29.6. The first-order chi connectivity index (χ1) is 14.4. The summed E-state index contributed by atoms with van der Waals surface area (Å²) >= 11 is 5.93. The van der Waals surface area contributed by atoms with Gasteiger partial charge in [0.15, 0.2) is 0 Å². The van der Waals surface area contributed by atoms with Gasteiger partial charge in [-0.2, -0.15) is 0 Å². The van der Waals surface area contributed by atoms with Crippen LogP contribution in [0, 0.1) is 0 Å². The van der Waals surface area contributed by atoms with E-state index >= 15 is 0 Å². The summed E-state index contributed by atoms with van der Waals surface area (Å²) in [6.45, 7) is 4.03. The van der Waals surface area contributed by atoms with Gasteiger partial charge >= 0.3 is 0 Å². The minimum absolute atomic E-state index is 0.117. The zero-order valence-corrected chi connectivity index (χ0v) is 17.2. The molecule has 30 heavy (non-hydrogen) atoms. The first-order valence-corrected chi connectivity index (χ1v) is 9.81. The van der Waals surface area contributed by atoms with E-state index in [2.05, 4.69) is 29.3 Å². The fourth-order valence-corrected chi connectivity index (χ4v) is 3.23. The lowest BCUT2D eigenvalue weighted by Crippen LogP contribution is -2.27. The molecule has 2 heterocycles. The molecule has 0 aliphatic heterocycles. The molecule has 1 N–H and O–H groups in total. The van der Waals surface area contributed by atoms with E-state index in [0.29, 0.717) is 27.9 Å². The van der Waals surface area contributed by atoms with E-state index in [9.17, 15) is 9.59 Å². The van der Waals surface area contributed by atoms with Gasteiger partial charge in [-0.25, -0.2) is 4.98 Å². The number of nitrogens with one attached hydrogen (secondary N) is 1. The van der Waals surface area contributed by atoms with Crippen LogP contribution in [0.15, 0.2) is 64.2 Å². The SMILES string of the molecule is CC(C)c1ccc(NC(=O)Cn2cnc3onc(-c4ccc(Cl)cc4)c3c2=O)cc1. The van der Waals surface area contributed by atoms with E-state index in [-0.39, 0.29) is 23.6 Å². The summed E-state index contributed by atoms with van der Waals surface area (Å²) in [6, 6.07) is 14.5. The van der Waals surface area contributed by atoms with Crippen molar-refractivity contribution >= 4 is 34.3 Å². The summed E-state index contributed by atoms with van der Waals surface area (Å²) < 4.78 is 6.43. The van der Waals surface area contributed by atoms with Crippen LogP contribution in [-0.2, 0) is 11.3 Å². The van der Waals surface area contributed by atoms with Crippen LogP contribution in [0.1, 0.15) is 25.3 Å². The quantitative estimate of drug-likeness (QED) is 0.512. The number of amides is 1. The van der Waals surface area contributed by atoms with Gasteiger partial charge in [0.1, 0.15) is 24.0 Å². The maximum Gasteiger partial charge on any atom is 0.267 e. The lowest BCUT2D eigenvalue weighted by molar-refractivity contribution is -0.116. The van der Waals surface area contributed by atoms with Crippen molar-refractivity contribution in [3.63, 3.8) is 0 Å². The smallest absolute Gasteiger partial charge is 0.267 e. The van der Waals surface area contributed by atoms with Gasteiger partial charge in [-0.15, -0.1) is 0 Å². The van der Waals surface area contributed by atoms with Crippen LogP contribution in [0.2, 0.25) is 5.02 Å². The Morgan fingerprint density at radius 2 is 1.83 bits per heavy atom. The average Bonchev–Trinajstić information content (AvgIpc) is 3.16. The predicted octanol–water partition coefficient (Wildman–Crippen LogP) is 4.47. The molecule has 0 radical (unpaired) electrons. The Morgan fingerprint density at radius 1 is 1.13 bits per heavy atom. The number of carbonyl (C=O) groups excluding carboxylic acids is 1. The van der Waals surface area contributed by atoms with Crippen LogP contribution in [0.25, 0.3) is 22.4 Å². The predicted molar refractivity (Wildman–Crippen MR) is 116 cm³/mol. The molecule has 0 saturated carbocycles. The Balaban J connectivity index is 1.59. The molecule has 4 aromatic rings. The largest absolute Gasteiger partial charge is 0.335 e. The van der Waals surface area contributed by atoms with Crippen LogP contribution in [0.5, 0.6) is 0 Å². The van der Waals surface area contributed by atoms with Crippen LogP contribution < -0.4 is 10.9 Å². The van der Waals surface area contributed by atoms with E-state index in [0.717, 1.165) is 0 Å². The minimum Gasteiger partial charge on any atom is -0.335 e. The monoisotopic (exact) mass is 422 g/mol. The molecule has 8 heteroatoms. The number of benzene rings is 2. The van der Waals surface area contributed by atoms with Crippen molar-refractivity contribution in [2.75, 3.05) is 5.32 Å². The van der Waals surface area contributed by atoms with Crippen LogP contribution in [-0.4, -0.2) is 20.6 Å². The Morgan fingerprint density at radius 3 is 2.50 bits per heavy atom. The highest BCUT2D eigenvalue weighted by atomic mass is 35.5. The fraction of sp³-hybridized carbons (Fsp3) is 0.182. The van der Waals surface area contributed by atoms with E-state index in [1.807, 2.05) is 24.3 Å². The second-order valence-corrected chi connectivity index (χ2v) is 7.66. The van der Waals surface area contributed by atoms with Crippen molar-refractivity contribution in [2.24, 2.45) is 0 Å². The first kappa shape index (κ1) is 19.8. The molecule has 0 aliphatic rings. The van der Waals surface area contributed by atoms with Crippen molar-refractivity contribution in [3.05, 3.63) is 75.8 Å². The molecule has 0 unspecified atom stereocenters. The molecule has 0 bridgehead atoms. The number of hydrogen-bond donors (Lipinski definition) is 1. The number of anilines is 1. The highest BCUT2D eigenvalue weighted by Gasteiger charge is 2.18. The van der Waals surface area contributed by atoms with E-state index in [1.54, 1.807) is 24.3 Å². The summed E-state index contributed by atoms with van der Waals surface area (Å²) in [6.07, 6.45) is 1.28. The zero-order chi connectivity index (χ0) is 21.3.